The van der Waals surface area contributed by atoms with Gasteiger partial charge in [-0.3, -0.25) is 4.79 Å². The maximum Gasteiger partial charge on any atom is 0.257 e. The fourth-order valence-corrected chi connectivity index (χ4v) is 3.38. The van der Waals surface area contributed by atoms with Crippen LogP contribution < -0.4 is 5.56 Å². The summed E-state index contributed by atoms with van der Waals surface area (Å²) in [5, 5.41) is 5.14. The summed E-state index contributed by atoms with van der Waals surface area (Å²) in [7, 11) is 0. The second-order valence-corrected chi connectivity index (χ2v) is 6.98. The van der Waals surface area contributed by atoms with E-state index in [1.165, 1.54) is 10.7 Å². The number of aromatic amines is 1. The first-order valence-electron chi connectivity index (χ1n) is 7.77. The van der Waals surface area contributed by atoms with E-state index in [2.05, 4.69) is 40.8 Å². The third-order valence-corrected chi connectivity index (χ3v) is 4.66. The van der Waals surface area contributed by atoms with Crippen molar-refractivity contribution in [3.05, 3.63) is 73.5 Å². The molecular formula is C18H10BrClN6O. The number of hydrogen-bond donors (Lipinski definition) is 1. The number of nitrogens with zero attached hydrogens (tertiary/aromatic N) is 5. The van der Waals surface area contributed by atoms with E-state index in [0.29, 0.717) is 43.6 Å². The van der Waals surface area contributed by atoms with Gasteiger partial charge in [-0.2, -0.15) is 5.10 Å². The van der Waals surface area contributed by atoms with Gasteiger partial charge in [0.15, 0.2) is 17.3 Å². The molecular weight excluding hydrogens is 432 g/mol. The molecule has 0 radical (unpaired) electrons. The van der Waals surface area contributed by atoms with Crippen LogP contribution in [0.3, 0.4) is 0 Å². The topological polar surface area (TPSA) is 80.8 Å². The number of benzene rings is 1. The minimum atomic E-state index is -0.334. The van der Waals surface area contributed by atoms with Gasteiger partial charge in [-0.25, -0.2) is 19.5 Å². The Bertz CT molecular complexity index is 1300. The minimum absolute atomic E-state index is 0.325. The van der Waals surface area contributed by atoms with Crippen molar-refractivity contribution in [1.82, 2.24) is 24.7 Å². The molecule has 0 aliphatic heterocycles. The lowest BCUT2D eigenvalue weighted by atomic mass is 10.1. The second kappa shape index (κ2) is 6.61. The summed E-state index contributed by atoms with van der Waals surface area (Å²) in [5.74, 6) is 0.744. The predicted molar refractivity (Wildman–Crippen MR) is 106 cm³/mol. The fraction of sp³-hybridized carbons (Fsp3) is 0.0556. The van der Waals surface area contributed by atoms with Crippen LogP contribution >= 0.6 is 27.5 Å². The highest BCUT2D eigenvalue weighted by Crippen LogP contribution is 2.28. The van der Waals surface area contributed by atoms with Crippen molar-refractivity contribution < 1.29 is 0 Å². The molecule has 132 valence electrons. The SMILES string of the molecule is [C-]#[N+]c1cc(C)c2nc(-c3cc(Br)nn3-c3ncccc3Cl)[nH]c(=O)c2c1. The number of rotatable bonds is 2. The van der Waals surface area contributed by atoms with Gasteiger partial charge in [0, 0.05) is 12.3 Å². The van der Waals surface area contributed by atoms with Gasteiger partial charge in [-0.1, -0.05) is 17.7 Å². The Labute approximate surface area is 166 Å². The van der Waals surface area contributed by atoms with Crippen LogP contribution in [0, 0.1) is 13.5 Å². The molecule has 4 aromatic rings. The molecule has 0 fully saturated rings. The van der Waals surface area contributed by atoms with Gasteiger partial charge < -0.3 is 4.98 Å². The minimum Gasteiger partial charge on any atom is -0.305 e. The van der Waals surface area contributed by atoms with Crippen molar-refractivity contribution in [3.63, 3.8) is 0 Å². The summed E-state index contributed by atoms with van der Waals surface area (Å²) in [6, 6.07) is 8.38. The average Bonchev–Trinajstić information content (AvgIpc) is 3.04. The predicted octanol–water partition coefficient (Wildman–Crippen LogP) is 4.45. The average molecular weight is 442 g/mol. The molecule has 3 aromatic heterocycles. The van der Waals surface area contributed by atoms with Crippen LogP contribution in [-0.2, 0) is 0 Å². The van der Waals surface area contributed by atoms with E-state index in [0.717, 1.165) is 5.56 Å². The van der Waals surface area contributed by atoms with Crippen LogP contribution in [0.5, 0.6) is 0 Å². The van der Waals surface area contributed by atoms with Crippen LogP contribution in [-0.4, -0.2) is 24.7 Å². The largest absolute Gasteiger partial charge is 0.305 e. The van der Waals surface area contributed by atoms with Gasteiger partial charge in [0.25, 0.3) is 5.56 Å². The number of halogens is 2. The van der Waals surface area contributed by atoms with Gasteiger partial charge in [0.2, 0.25) is 0 Å². The Hall–Kier alpha value is -3.02. The van der Waals surface area contributed by atoms with Crippen LogP contribution in [0.1, 0.15) is 5.56 Å². The molecule has 0 saturated carbocycles. The Kier molecular flexibility index (Phi) is 4.26. The van der Waals surface area contributed by atoms with E-state index >= 15 is 0 Å². The lowest BCUT2D eigenvalue weighted by molar-refractivity contribution is 0.838. The summed E-state index contributed by atoms with van der Waals surface area (Å²) in [5.41, 5.74) is 1.85. The first-order chi connectivity index (χ1) is 13.0. The lowest BCUT2D eigenvalue weighted by Gasteiger charge is -2.09. The molecule has 0 spiro atoms. The second-order valence-electron chi connectivity index (χ2n) is 5.76. The van der Waals surface area contributed by atoms with Crippen LogP contribution in [0.15, 0.2) is 45.9 Å². The van der Waals surface area contributed by atoms with Crippen molar-refractivity contribution >= 4 is 44.1 Å². The van der Waals surface area contributed by atoms with E-state index in [4.69, 9.17) is 18.2 Å². The van der Waals surface area contributed by atoms with E-state index < -0.39 is 0 Å². The molecule has 0 atom stereocenters. The number of aryl methyl sites for hydroxylation is 1. The molecule has 3 heterocycles. The summed E-state index contributed by atoms with van der Waals surface area (Å²) >= 11 is 9.60. The van der Waals surface area contributed by atoms with Crippen LogP contribution in [0.4, 0.5) is 5.69 Å². The number of aromatic nitrogens is 5. The summed E-state index contributed by atoms with van der Waals surface area (Å²) in [4.78, 5) is 27.7. The molecule has 9 heteroatoms. The molecule has 0 amide bonds. The third kappa shape index (κ3) is 3.01. The van der Waals surface area contributed by atoms with Crippen molar-refractivity contribution in [2.24, 2.45) is 0 Å². The standard InChI is InChI=1S/C18H10BrClN6O/c1-9-6-10(21-2)7-11-15(9)23-16(24-18(11)27)13-8-14(19)25-26(13)17-12(20)4-3-5-22-17/h3-8H,1H3,(H,23,24,27). The van der Waals surface area contributed by atoms with Crippen molar-refractivity contribution in [2.75, 3.05) is 0 Å². The third-order valence-electron chi connectivity index (χ3n) is 3.98. The quantitative estimate of drug-likeness (QED) is 0.466. The molecule has 1 N–H and O–H groups in total. The van der Waals surface area contributed by atoms with Gasteiger partial charge in [-0.05, 0) is 46.6 Å². The van der Waals surface area contributed by atoms with Crippen molar-refractivity contribution in [3.8, 4) is 17.3 Å². The highest BCUT2D eigenvalue weighted by Gasteiger charge is 2.17. The van der Waals surface area contributed by atoms with Gasteiger partial charge in [0.05, 0.1) is 22.5 Å². The van der Waals surface area contributed by atoms with Crippen molar-refractivity contribution in [2.45, 2.75) is 6.92 Å². The highest BCUT2D eigenvalue weighted by atomic mass is 79.9. The number of nitrogens with one attached hydrogen (secondary N) is 1. The molecule has 4 rings (SSSR count). The lowest BCUT2D eigenvalue weighted by Crippen LogP contribution is -2.12. The molecule has 0 saturated heterocycles. The molecule has 0 aliphatic rings. The number of hydrogen-bond acceptors (Lipinski definition) is 4. The first-order valence-corrected chi connectivity index (χ1v) is 8.94. The molecule has 0 bridgehead atoms. The van der Waals surface area contributed by atoms with Crippen LogP contribution in [0.2, 0.25) is 5.02 Å². The zero-order chi connectivity index (χ0) is 19.1. The monoisotopic (exact) mass is 440 g/mol. The molecule has 0 unspecified atom stereocenters. The summed E-state index contributed by atoms with van der Waals surface area (Å²) < 4.78 is 2.06. The zero-order valence-corrected chi connectivity index (χ0v) is 16.2. The normalized spacial score (nSPS) is 10.9. The maximum atomic E-state index is 12.6. The molecule has 1 aromatic carbocycles. The van der Waals surface area contributed by atoms with Gasteiger partial charge in [-0.15, -0.1) is 0 Å². The van der Waals surface area contributed by atoms with Crippen molar-refractivity contribution in [1.29, 1.82) is 0 Å². The summed E-state index contributed by atoms with van der Waals surface area (Å²) in [6.07, 6.45) is 1.60. The van der Waals surface area contributed by atoms with E-state index in [-0.39, 0.29) is 5.56 Å². The number of H-pyrrole nitrogens is 1. The number of pyridine rings is 1. The smallest absolute Gasteiger partial charge is 0.257 e. The Morgan fingerprint density at radius 3 is 2.89 bits per heavy atom. The molecule has 0 aliphatic carbocycles. The maximum absolute atomic E-state index is 12.6. The van der Waals surface area contributed by atoms with Crippen LogP contribution in [0.25, 0.3) is 33.1 Å². The zero-order valence-electron chi connectivity index (χ0n) is 13.9. The Morgan fingerprint density at radius 2 is 2.15 bits per heavy atom. The first kappa shape index (κ1) is 17.4. The molecule has 7 nitrogen and oxygen atoms in total. The van der Waals surface area contributed by atoms with Gasteiger partial charge >= 0.3 is 0 Å². The molecule has 27 heavy (non-hydrogen) atoms. The van der Waals surface area contributed by atoms with E-state index in [1.807, 2.05) is 6.92 Å². The fourth-order valence-electron chi connectivity index (χ4n) is 2.80. The Morgan fingerprint density at radius 1 is 1.33 bits per heavy atom. The highest BCUT2D eigenvalue weighted by molar-refractivity contribution is 9.10. The van der Waals surface area contributed by atoms with Gasteiger partial charge in [0.1, 0.15) is 10.3 Å². The summed E-state index contributed by atoms with van der Waals surface area (Å²) in [6.45, 7) is 8.98. The number of fused-ring (bicyclic) bond motifs is 1. The Balaban J connectivity index is 2.00. The van der Waals surface area contributed by atoms with E-state index in [9.17, 15) is 4.79 Å². The van der Waals surface area contributed by atoms with E-state index in [1.54, 1.807) is 30.5 Å².